The second kappa shape index (κ2) is 8.33. The van der Waals surface area contributed by atoms with Gasteiger partial charge in [0.05, 0.1) is 18.5 Å². The number of nitrogens with zero attached hydrogens (tertiary/aromatic N) is 5. The maximum Gasteiger partial charge on any atom is 0.225 e. The molecule has 0 N–H and O–H groups in total. The third-order valence-corrected chi connectivity index (χ3v) is 5.31. The molecule has 6 heteroatoms. The zero-order valence-corrected chi connectivity index (χ0v) is 16.3. The molecule has 0 radical (unpaired) electrons. The van der Waals surface area contributed by atoms with Crippen molar-refractivity contribution in [3.63, 3.8) is 0 Å². The van der Waals surface area contributed by atoms with E-state index >= 15 is 0 Å². The van der Waals surface area contributed by atoms with E-state index in [0.29, 0.717) is 18.4 Å². The molecule has 144 valence electrons. The molecule has 4 heterocycles. The van der Waals surface area contributed by atoms with Crippen LogP contribution in [0, 0.1) is 11.8 Å². The minimum absolute atomic E-state index is 0.437. The van der Waals surface area contributed by atoms with Gasteiger partial charge in [-0.3, -0.25) is 9.97 Å². The number of pyridine rings is 2. The fraction of sp³-hybridized carbons (Fsp3) is 0.364. The number of hydrogen-bond donors (Lipinski definition) is 0. The summed E-state index contributed by atoms with van der Waals surface area (Å²) in [6.45, 7) is 6.91. The van der Waals surface area contributed by atoms with Crippen LogP contribution in [-0.4, -0.2) is 39.6 Å². The molecular formula is C22H25N5O. The first kappa shape index (κ1) is 18.3. The Kier molecular flexibility index (Phi) is 5.46. The maximum atomic E-state index is 6.03. The molecule has 1 fully saturated rings. The largest absolute Gasteiger partial charge is 0.492 e. The molecule has 3 aromatic rings. The van der Waals surface area contributed by atoms with Crippen molar-refractivity contribution in [2.75, 3.05) is 24.6 Å². The second-order valence-electron chi connectivity index (χ2n) is 7.32. The summed E-state index contributed by atoms with van der Waals surface area (Å²) < 4.78 is 6.03. The van der Waals surface area contributed by atoms with Crippen LogP contribution < -0.4 is 9.64 Å². The minimum atomic E-state index is 0.437. The summed E-state index contributed by atoms with van der Waals surface area (Å²) in [6, 6.07) is 7.85. The molecule has 0 spiro atoms. The zero-order chi connectivity index (χ0) is 19.3. The van der Waals surface area contributed by atoms with Crippen LogP contribution in [-0.2, 0) is 6.42 Å². The second-order valence-corrected chi connectivity index (χ2v) is 7.32. The van der Waals surface area contributed by atoms with Crippen LogP contribution in [0.25, 0.3) is 11.3 Å². The number of hydrogen-bond acceptors (Lipinski definition) is 6. The molecule has 0 aromatic carbocycles. The molecule has 2 atom stereocenters. The topological polar surface area (TPSA) is 64.0 Å². The Morgan fingerprint density at radius 3 is 2.57 bits per heavy atom. The first-order valence-electron chi connectivity index (χ1n) is 9.78. The Balaban J connectivity index is 1.34. The van der Waals surface area contributed by atoms with E-state index in [2.05, 4.69) is 38.7 Å². The summed E-state index contributed by atoms with van der Waals surface area (Å²) in [5, 5.41) is 0. The SMILES string of the molecule is CCc1cnc(N2C[C@@H](COc3ccc(-c4cccnc4)nc3)[C@@H](C)C2)nc1. The lowest BCUT2D eigenvalue weighted by Crippen LogP contribution is -2.23. The van der Waals surface area contributed by atoms with E-state index < -0.39 is 0 Å². The lowest BCUT2D eigenvalue weighted by molar-refractivity contribution is 0.232. The van der Waals surface area contributed by atoms with Crippen molar-refractivity contribution in [3.8, 4) is 17.0 Å². The van der Waals surface area contributed by atoms with Gasteiger partial charge in [-0.25, -0.2) is 9.97 Å². The predicted octanol–water partition coefficient (Wildman–Crippen LogP) is 3.65. The fourth-order valence-electron chi connectivity index (χ4n) is 3.46. The van der Waals surface area contributed by atoms with Crippen LogP contribution in [0.3, 0.4) is 0 Å². The Bertz CT molecular complexity index is 883. The molecule has 0 aliphatic carbocycles. The Morgan fingerprint density at radius 2 is 1.89 bits per heavy atom. The quantitative estimate of drug-likeness (QED) is 0.655. The van der Waals surface area contributed by atoms with E-state index in [1.165, 1.54) is 0 Å². The van der Waals surface area contributed by atoms with Crippen LogP contribution in [0.2, 0.25) is 0 Å². The van der Waals surface area contributed by atoms with Gasteiger partial charge in [0.25, 0.3) is 0 Å². The number of ether oxygens (including phenoxy) is 1. The van der Waals surface area contributed by atoms with E-state index in [4.69, 9.17) is 4.74 Å². The predicted molar refractivity (Wildman–Crippen MR) is 109 cm³/mol. The van der Waals surface area contributed by atoms with Gasteiger partial charge in [0, 0.05) is 49.4 Å². The summed E-state index contributed by atoms with van der Waals surface area (Å²) in [4.78, 5) is 19.9. The summed E-state index contributed by atoms with van der Waals surface area (Å²) in [7, 11) is 0. The smallest absolute Gasteiger partial charge is 0.225 e. The summed E-state index contributed by atoms with van der Waals surface area (Å²) in [5.74, 6) is 2.57. The van der Waals surface area contributed by atoms with Crippen molar-refractivity contribution < 1.29 is 4.74 Å². The van der Waals surface area contributed by atoms with Crippen molar-refractivity contribution in [1.29, 1.82) is 0 Å². The van der Waals surface area contributed by atoms with Gasteiger partial charge in [0.15, 0.2) is 0 Å². The average Bonchev–Trinajstić information content (AvgIpc) is 3.14. The van der Waals surface area contributed by atoms with Gasteiger partial charge in [-0.2, -0.15) is 0 Å². The molecule has 4 rings (SSSR count). The first-order valence-corrected chi connectivity index (χ1v) is 9.78. The van der Waals surface area contributed by atoms with Crippen LogP contribution in [0.1, 0.15) is 19.4 Å². The van der Waals surface area contributed by atoms with Crippen molar-refractivity contribution in [3.05, 3.63) is 60.8 Å². The van der Waals surface area contributed by atoms with Gasteiger partial charge in [0.1, 0.15) is 5.75 Å². The Morgan fingerprint density at radius 1 is 1.04 bits per heavy atom. The Hall–Kier alpha value is -3.02. The van der Waals surface area contributed by atoms with Gasteiger partial charge >= 0.3 is 0 Å². The van der Waals surface area contributed by atoms with Crippen molar-refractivity contribution >= 4 is 5.95 Å². The lowest BCUT2D eigenvalue weighted by Gasteiger charge is -2.16. The molecule has 0 amide bonds. The monoisotopic (exact) mass is 375 g/mol. The molecular weight excluding hydrogens is 350 g/mol. The standard InChI is InChI=1S/C22H25N5O/c1-3-17-9-25-22(26-10-17)27-13-16(2)19(14-27)15-28-20-6-7-21(24-12-20)18-5-4-8-23-11-18/h4-12,16,19H,3,13-15H2,1-2H3/t16-,19-/m0/s1. The number of aryl methyl sites for hydroxylation is 1. The average molecular weight is 375 g/mol. The third kappa shape index (κ3) is 4.11. The van der Waals surface area contributed by atoms with Gasteiger partial charge in [-0.15, -0.1) is 0 Å². The number of anilines is 1. The normalized spacial score (nSPS) is 19.0. The van der Waals surface area contributed by atoms with Crippen LogP contribution >= 0.6 is 0 Å². The van der Waals surface area contributed by atoms with E-state index in [1.807, 2.05) is 42.9 Å². The third-order valence-electron chi connectivity index (χ3n) is 5.31. The first-order chi connectivity index (χ1) is 13.7. The van der Waals surface area contributed by atoms with Crippen LogP contribution in [0.4, 0.5) is 5.95 Å². The highest BCUT2D eigenvalue weighted by Crippen LogP contribution is 2.27. The van der Waals surface area contributed by atoms with Gasteiger partial charge in [-0.1, -0.05) is 13.8 Å². The molecule has 0 saturated carbocycles. The molecule has 1 aliphatic heterocycles. The van der Waals surface area contributed by atoms with Crippen molar-refractivity contribution in [2.45, 2.75) is 20.3 Å². The lowest BCUT2D eigenvalue weighted by atomic mass is 9.99. The molecule has 28 heavy (non-hydrogen) atoms. The van der Waals surface area contributed by atoms with Crippen LogP contribution in [0.15, 0.2) is 55.2 Å². The van der Waals surface area contributed by atoms with Crippen molar-refractivity contribution in [2.24, 2.45) is 11.8 Å². The molecule has 0 unspecified atom stereocenters. The molecule has 0 bridgehead atoms. The molecule has 6 nitrogen and oxygen atoms in total. The highest BCUT2D eigenvalue weighted by molar-refractivity contribution is 5.57. The van der Waals surface area contributed by atoms with Gasteiger partial charge in [-0.05, 0) is 42.2 Å². The highest BCUT2D eigenvalue weighted by atomic mass is 16.5. The van der Waals surface area contributed by atoms with E-state index in [-0.39, 0.29) is 0 Å². The summed E-state index contributed by atoms with van der Waals surface area (Å²) in [5.41, 5.74) is 3.06. The fourth-order valence-corrected chi connectivity index (χ4v) is 3.46. The molecule has 1 aliphatic rings. The number of rotatable bonds is 6. The highest BCUT2D eigenvalue weighted by Gasteiger charge is 2.31. The summed E-state index contributed by atoms with van der Waals surface area (Å²) >= 11 is 0. The van der Waals surface area contributed by atoms with E-state index in [9.17, 15) is 0 Å². The summed E-state index contributed by atoms with van der Waals surface area (Å²) in [6.07, 6.45) is 10.2. The van der Waals surface area contributed by atoms with E-state index in [1.54, 1.807) is 12.4 Å². The van der Waals surface area contributed by atoms with E-state index in [0.717, 1.165) is 48.0 Å². The minimum Gasteiger partial charge on any atom is -0.492 e. The molecule has 3 aromatic heterocycles. The zero-order valence-electron chi connectivity index (χ0n) is 16.3. The Labute approximate surface area is 165 Å². The van der Waals surface area contributed by atoms with Gasteiger partial charge in [0.2, 0.25) is 5.95 Å². The van der Waals surface area contributed by atoms with Crippen LogP contribution in [0.5, 0.6) is 5.75 Å². The van der Waals surface area contributed by atoms with Crippen molar-refractivity contribution in [1.82, 2.24) is 19.9 Å². The number of aromatic nitrogens is 4. The van der Waals surface area contributed by atoms with Gasteiger partial charge < -0.3 is 9.64 Å². The maximum absolute atomic E-state index is 6.03. The molecule has 1 saturated heterocycles.